The molecule has 5 atom stereocenters. The van der Waals surface area contributed by atoms with Crippen LogP contribution in [0.15, 0.2) is 0 Å². The maximum absolute atomic E-state index is 5.92. The molecule has 0 bridgehead atoms. The van der Waals surface area contributed by atoms with Gasteiger partial charge in [0.25, 0.3) is 0 Å². The first-order chi connectivity index (χ1) is 9.08. The molecule has 2 fully saturated rings. The average Bonchev–Trinajstić information content (AvgIpc) is 2.62. The molecule has 0 aromatic heterocycles. The molecule has 2 rings (SSSR count). The van der Waals surface area contributed by atoms with Gasteiger partial charge in [-0.25, -0.2) is 0 Å². The highest BCUT2D eigenvalue weighted by molar-refractivity contribution is 4.86. The summed E-state index contributed by atoms with van der Waals surface area (Å²) in [6.07, 6.45) is 5.01. The molecule has 3 nitrogen and oxygen atoms in total. The maximum Gasteiger partial charge on any atom is 0.0594 e. The molecule has 112 valence electrons. The fourth-order valence-corrected chi connectivity index (χ4v) is 3.62. The first-order valence-corrected chi connectivity index (χ1v) is 8.19. The van der Waals surface area contributed by atoms with Crippen LogP contribution in [0.25, 0.3) is 0 Å². The van der Waals surface area contributed by atoms with Gasteiger partial charge < -0.3 is 15.0 Å². The highest BCUT2D eigenvalue weighted by atomic mass is 16.5. The van der Waals surface area contributed by atoms with Gasteiger partial charge in [0.1, 0.15) is 0 Å². The smallest absolute Gasteiger partial charge is 0.0594 e. The molecule has 2 aliphatic heterocycles. The Balaban J connectivity index is 1.69. The number of hydrogen-bond donors (Lipinski definition) is 1. The molecule has 2 heterocycles. The fraction of sp³-hybridized carbons (Fsp3) is 1.00. The van der Waals surface area contributed by atoms with Crippen molar-refractivity contribution in [1.29, 1.82) is 0 Å². The number of likely N-dealkylation sites (tertiary alicyclic amines) is 1. The Morgan fingerprint density at radius 3 is 2.37 bits per heavy atom. The van der Waals surface area contributed by atoms with E-state index in [1.54, 1.807) is 0 Å². The second-order valence-corrected chi connectivity index (χ2v) is 6.74. The van der Waals surface area contributed by atoms with Crippen LogP contribution in [-0.4, -0.2) is 49.3 Å². The van der Waals surface area contributed by atoms with E-state index in [1.807, 2.05) is 0 Å². The summed E-state index contributed by atoms with van der Waals surface area (Å²) in [7, 11) is 0. The van der Waals surface area contributed by atoms with Gasteiger partial charge in [-0.15, -0.1) is 0 Å². The Labute approximate surface area is 119 Å². The van der Waals surface area contributed by atoms with Crippen LogP contribution < -0.4 is 5.32 Å². The van der Waals surface area contributed by atoms with Gasteiger partial charge in [-0.05, 0) is 52.6 Å². The summed E-state index contributed by atoms with van der Waals surface area (Å²) in [5.41, 5.74) is 0. The molecule has 3 heteroatoms. The van der Waals surface area contributed by atoms with Crippen LogP contribution in [0.5, 0.6) is 0 Å². The van der Waals surface area contributed by atoms with Crippen LogP contribution in [0.4, 0.5) is 0 Å². The van der Waals surface area contributed by atoms with Gasteiger partial charge in [0, 0.05) is 25.0 Å². The van der Waals surface area contributed by atoms with E-state index in [-0.39, 0.29) is 0 Å². The minimum absolute atomic E-state index is 0.402. The third-order valence-corrected chi connectivity index (χ3v) is 5.13. The second-order valence-electron chi connectivity index (χ2n) is 6.74. The molecular formula is C16H32N2O. The molecular weight excluding hydrogens is 236 g/mol. The van der Waals surface area contributed by atoms with Crippen LogP contribution in [0.2, 0.25) is 0 Å². The van der Waals surface area contributed by atoms with Crippen molar-refractivity contribution >= 4 is 0 Å². The van der Waals surface area contributed by atoms with E-state index in [4.69, 9.17) is 4.74 Å². The number of nitrogens with zero attached hydrogens (tertiary/aromatic N) is 1. The zero-order chi connectivity index (χ0) is 13.8. The molecule has 0 aliphatic carbocycles. The summed E-state index contributed by atoms with van der Waals surface area (Å²) in [6, 6.07) is 0.591. The minimum atomic E-state index is 0.402. The van der Waals surface area contributed by atoms with E-state index in [9.17, 15) is 0 Å². The molecule has 0 aromatic carbocycles. The minimum Gasteiger partial charge on any atom is -0.375 e. The van der Waals surface area contributed by atoms with Gasteiger partial charge in [0.05, 0.1) is 12.2 Å². The van der Waals surface area contributed by atoms with E-state index in [1.165, 1.54) is 38.9 Å². The largest absolute Gasteiger partial charge is 0.375 e. The van der Waals surface area contributed by atoms with E-state index in [2.05, 4.69) is 37.9 Å². The third kappa shape index (κ3) is 4.17. The lowest BCUT2D eigenvalue weighted by Crippen LogP contribution is -2.44. The van der Waals surface area contributed by atoms with Crippen LogP contribution >= 0.6 is 0 Å². The quantitative estimate of drug-likeness (QED) is 0.829. The first-order valence-electron chi connectivity index (χ1n) is 8.19. The van der Waals surface area contributed by atoms with Crippen LogP contribution in [-0.2, 0) is 4.74 Å². The van der Waals surface area contributed by atoms with Gasteiger partial charge in [-0.2, -0.15) is 0 Å². The fourth-order valence-electron chi connectivity index (χ4n) is 3.62. The van der Waals surface area contributed by atoms with Crippen molar-refractivity contribution in [3.63, 3.8) is 0 Å². The summed E-state index contributed by atoms with van der Waals surface area (Å²) >= 11 is 0. The van der Waals surface area contributed by atoms with E-state index in [0.717, 1.165) is 6.54 Å². The van der Waals surface area contributed by atoms with Gasteiger partial charge >= 0.3 is 0 Å². The van der Waals surface area contributed by atoms with E-state index < -0.39 is 0 Å². The summed E-state index contributed by atoms with van der Waals surface area (Å²) < 4.78 is 5.92. The third-order valence-electron chi connectivity index (χ3n) is 5.13. The molecule has 2 saturated heterocycles. The number of piperidine rings is 1. The van der Waals surface area contributed by atoms with E-state index >= 15 is 0 Å². The molecule has 1 N–H and O–H groups in total. The predicted molar refractivity (Wildman–Crippen MR) is 80.4 cm³/mol. The second kappa shape index (κ2) is 7.05. The topological polar surface area (TPSA) is 24.5 Å². The van der Waals surface area contributed by atoms with E-state index in [0.29, 0.717) is 30.1 Å². The summed E-state index contributed by atoms with van der Waals surface area (Å²) in [5.74, 6) is 1.34. The number of ether oxygens (including phenoxy) is 1. The van der Waals surface area contributed by atoms with Crippen molar-refractivity contribution < 1.29 is 4.74 Å². The lowest BCUT2D eigenvalue weighted by Gasteiger charge is -2.30. The number of nitrogens with one attached hydrogen (secondary N) is 1. The highest BCUT2D eigenvalue weighted by Crippen LogP contribution is 2.31. The molecule has 0 spiro atoms. The lowest BCUT2D eigenvalue weighted by atomic mass is 9.89. The monoisotopic (exact) mass is 268 g/mol. The Bertz CT molecular complexity index is 265. The normalized spacial score (nSPS) is 38.5. The molecule has 0 amide bonds. The molecule has 5 unspecified atom stereocenters. The maximum atomic E-state index is 5.92. The molecule has 19 heavy (non-hydrogen) atoms. The van der Waals surface area contributed by atoms with Gasteiger partial charge in [0.15, 0.2) is 0 Å². The van der Waals surface area contributed by atoms with Crippen LogP contribution in [0.3, 0.4) is 0 Å². The van der Waals surface area contributed by atoms with Crippen molar-refractivity contribution in [3.8, 4) is 0 Å². The highest BCUT2D eigenvalue weighted by Gasteiger charge is 2.36. The van der Waals surface area contributed by atoms with Crippen LogP contribution in [0.1, 0.15) is 47.0 Å². The van der Waals surface area contributed by atoms with Crippen molar-refractivity contribution in [1.82, 2.24) is 10.2 Å². The molecule has 0 saturated carbocycles. The lowest BCUT2D eigenvalue weighted by molar-refractivity contribution is 0.0508. The van der Waals surface area contributed by atoms with Crippen molar-refractivity contribution in [2.45, 2.75) is 65.2 Å². The molecule has 0 aromatic rings. The molecule has 0 radical (unpaired) electrons. The van der Waals surface area contributed by atoms with Crippen LogP contribution in [0, 0.1) is 11.8 Å². The average molecular weight is 268 g/mol. The zero-order valence-corrected chi connectivity index (χ0v) is 13.2. The Kier molecular flexibility index (Phi) is 5.67. The number of hydrogen-bond acceptors (Lipinski definition) is 3. The van der Waals surface area contributed by atoms with Gasteiger partial charge in [-0.1, -0.05) is 13.3 Å². The Hall–Kier alpha value is -0.120. The standard InChI is InChI=1S/C16H32N2O/c1-12(11-18-8-6-5-7-9-18)17-10-16-13(2)14(3)19-15(16)4/h12-17H,5-11H2,1-4H3. The zero-order valence-electron chi connectivity index (χ0n) is 13.2. The summed E-state index contributed by atoms with van der Waals surface area (Å²) in [5, 5.41) is 3.73. The predicted octanol–water partition coefficient (Wildman–Crippen LogP) is 2.51. The number of rotatable bonds is 5. The van der Waals surface area contributed by atoms with Gasteiger partial charge in [-0.3, -0.25) is 0 Å². The summed E-state index contributed by atoms with van der Waals surface area (Å²) in [4.78, 5) is 2.61. The Morgan fingerprint density at radius 1 is 1.11 bits per heavy atom. The van der Waals surface area contributed by atoms with Gasteiger partial charge in [0.2, 0.25) is 0 Å². The summed E-state index contributed by atoms with van der Waals surface area (Å²) in [6.45, 7) is 14.0. The SMILES string of the molecule is CC(CN1CCCCC1)NCC1C(C)OC(C)C1C. The van der Waals surface area contributed by atoms with Crippen molar-refractivity contribution in [2.24, 2.45) is 11.8 Å². The molecule has 2 aliphatic rings. The van der Waals surface area contributed by atoms with Crippen molar-refractivity contribution in [2.75, 3.05) is 26.2 Å². The van der Waals surface area contributed by atoms with Crippen molar-refractivity contribution in [3.05, 3.63) is 0 Å². The Morgan fingerprint density at radius 2 is 1.79 bits per heavy atom. The first kappa shape index (κ1) is 15.3.